The van der Waals surface area contributed by atoms with Crippen LogP contribution in [0.4, 0.5) is 22.0 Å². The Morgan fingerprint density at radius 1 is 0.927 bits per heavy atom. The number of carbonyl (C=O) groups excluding carboxylic acids is 2. The van der Waals surface area contributed by atoms with Gasteiger partial charge in [-0.2, -0.15) is 8.78 Å². The molecule has 1 unspecified atom stereocenters. The molecule has 10 heteroatoms. The van der Waals surface area contributed by atoms with Gasteiger partial charge in [-0.25, -0.2) is 8.78 Å². The number of Topliss-reactive ketones (excluding diaryl/α,β-unsaturated/α-hetero) is 2. The van der Waals surface area contributed by atoms with Gasteiger partial charge in [0.1, 0.15) is 11.6 Å². The van der Waals surface area contributed by atoms with E-state index in [9.17, 15) is 36.6 Å². The average Bonchev–Trinajstić information content (AvgIpc) is 2.84. The lowest BCUT2D eigenvalue weighted by Gasteiger charge is -2.33. The Labute approximate surface area is 246 Å². The normalized spacial score (nSPS) is 14.8. The first-order chi connectivity index (χ1) is 18.8. The van der Waals surface area contributed by atoms with Crippen molar-refractivity contribution in [2.24, 2.45) is 5.73 Å². The first-order valence-electron chi connectivity index (χ1n) is 14.3. The molecule has 41 heavy (non-hydrogen) atoms. The Bertz CT molecular complexity index is 856. The van der Waals surface area contributed by atoms with Crippen LogP contribution in [0.1, 0.15) is 128 Å². The summed E-state index contributed by atoms with van der Waals surface area (Å²) in [6.07, 6.45) is 11.2. The number of alkyl halides is 5. The molecule has 4 nitrogen and oxygen atoms in total. The van der Waals surface area contributed by atoms with Gasteiger partial charge in [-0.15, -0.1) is 0 Å². The van der Waals surface area contributed by atoms with Gasteiger partial charge in [0.2, 0.25) is 0 Å². The molecule has 0 saturated heterocycles. The molecule has 1 aliphatic rings. The van der Waals surface area contributed by atoms with Crippen LogP contribution >= 0.6 is 9.24 Å². The van der Waals surface area contributed by atoms with Crippen molar-refractivity contribution in [3.05, 3.63) is 34.9 Å². The summed E-state index contributed by atoms with van der Waals surface area (Å²) in [4.78, 5) is 21.6. The zero-order valence-corrected chi connectivity index (χ0v) is 27.2. The highest BCUT2D eigenvalue weighted by molar-refractivity contribution is 7.17. The Balaban J connectivity index is 0. The number of nitrogens with two attached hydrogens (primary N) is 1. The van der Waals surface area contributed by atoms with Crippen molar-refractivity contribution in [3.8, 4) is 0 Å². The Hall–Kier alpha value is -1.44. The van der Waals surface area contributed by atoms with Crippen molar-refractivity contribution in [2.75, 3.05) is 7.18 Å². The van der Waals surface area contributed by atoms with Crippen molar-refractivity contribution >= 4 is 20.8 Å². The molecule has 0 aromatic heterocycles. The topological polar surface area (TPSA) is 80.4 Å². The third kappa shape index (κ3) is 19.4. The summed E-state index contributed by atoms with van der Waals surface area (Å²) < 4.78 is 61.2. The standard InChI is InChI=1S/C10H11F4P.C10H19NO.C10H20O2.CH3F/c1-6-3-7(9(2,11)12)5-8(4-6)10(13,14)15;1-9(12)5-8-10(11)6-3-2-4-7-10;1-4-6-10(12,7-5-2)8-9(3)11;1-2/h3-5H,15H2,1-2H3;2-8,11H2,1H3;12H,4-8H2,1-3H3;1H3. The number of rotatable bonds is 11. The van der Waals surface area contributed by atoms with Crippen LogP contribution in [0.5, 0.6) is 0 Å². The van der Waals surface area contributed by atoms with Crippen LogP contribution in [-0.2, 0) is 21.2 Å². The second-order valence-corrected chi connectivity index (χ2v) is 12.1. The van der Waals surface area contributed by atoms with Crippen LogP contribution in [0.2, 0.25) is 0 Å². The Kier molecular flexibility index (Phi) is 20.0. The molecule has 3 N–H and O–H groups in total. The summed E-state index contributed by atoms with van der Waals surface area (Å²) >= 11 is 0. The molecule has 1 fully saturated rings. The van der Waals surface area contributed by atoms with E-state index in [4.69, 9.17) is 5.73 Å². The Morgan fingerprint density at radius 2 is 1.39 bits per heavy atom. The van der Waals surface area contributed by atoms with Gasteiger partial charge >= 0.3 is 0 Å². The number of halogens is 5. The van der Waals surface area contributed by atoms with Crippen LogP contribution in [-0.4, -0.2) is 35.0 Å². The highest BCUT2D eigenvalue weighted by atomic mass is 31.0. The SMILES string of the molecule is CC(=O)CCC1(N)CCCCC1.CCCC(O)(CCC)CC(C)=O.CF.Cc1cc(C(C)(F)F)cc(C(F)(F)P)c1. The number of carbonyl (C=O) groups is 2. The highest BCUT2D eigenvalue weighted by Crippen LogP contribution is 2.38. The second kappa shape index (κ2) is 19.7. The number of aryl methyl sites for hydroxylation is 1. The van der Waals surface area contributed by atoms with Gasteiger partial charge in [0.15, 0.2) is 0 Å². The number of hydrogen-bond acceptors (Lipinski definition) is 4. The summed E-state index contributed by atoms with van der Waals surface area (Å²) in [5.41, 5.74) is 1.84. The molecule has 1 atom stereocenters. The van der Waals surface area contributed by atoms with Gasteiger partial charge in [-0.1, -0.05) is 66.8 Å². The van der Waals surface area contributed by atoms with Gasteiger partial charge in [-0.05, 0) is 65.0 Å². The molecule has 1 aromatic carbocycles. The summed E-state index contributed by atoms with van der Waals surface area (Å²) in [5.74, 6) is -2.75. The monoisotopic (exact) mass is 613 g/mol. The minimum atomic E-state index is -3.17. The molecule has 2 rings (SSSR count). The summed E-state index contributed by atoms with van der Waals surface area (Å²) in [5, 5.41) is 9.96. The van der Waals surface area contributed by atoms with Crippen LogP contribution in [0.15, 0.2) is 18.2 Å². The van der Waals surface area contributed by atoms with E-state index in [1.54, 1.807) is 6.92 Å². The third-order valence-corrected chi connectivity index (χ3v) is 7.14. The van der Waals surface area contributed by atoms with Crippen LogP contribution < -0.4 is 5.73 Å². The van der Waals surface area contributed by atoms with Gasteiger partial charge in [0.05, 0.1) is 12.8 Å². The van der Waals surface area contributed by atoms with Crippen LogP contribution in [0, 0.1) is 6.92 Å². The molecule has 1 saturated carbocycles. The van der Waals surface area contributed by atoms with Gasteiger partial charge in [0.25, 0.3) is 11.6 Å². The average molecular weight is 614 g/mol. The number of benzene rings is 1. The van der Waals surface area contributed by atoms with Crippen LogP contribution in [0.3, 0.4) is 0 Å². The fraction of sp³-hybridized carbons (Fsp3) is 0.742. The molecule has 0 heterocycles. The van der Waals surface area contributed by atoms with Gasteiger partial charge in [-0.3, -0.25) is 9.18 Å². The number of ketones is 2. The summed E-state index contributed by atoms with van der Waals surface area (Å²) in [6.45, 7) is 9.44. The predicted octanol–water partition coefficient (Wildman–Crippen LogP) is 8.93. The molecule has 0 spiro atoms. The first kappa shape index (κ1) is 41.7. The largest absolute Gasteiger partial charge is 0.389 e. The van der Waals surface area contributed by atoms with Crippen molar-refractivity contribution in [1.82, 2.24) is 0 Å². The summed E-state index contributed by atoms with van der Waals surface area (Å²) in [6, 6.07) is 3.24. The van der Waals surface area contributed by atoms with Crippen molar-refractivity contribution in [2.45, 2.75) is 141 Å². The van der Waals surface area contributed by atoms with E-state index in [0.29, 0.717) is 32.5 Å². The zero-order chi connectivity index (χ0) is 32.5. The van der Waals surface area contributed by atoms with E-state index >= 15 is 0 Å². The van der Waals surface area contributed by atoms with Crippen molar-refractivity contribution in [1.29, 1.82) is 0 Å². The highest BCUT2D eigenvalue weighted by Gasteiger charge is 2.30. The number of hydrogen-bond donors (Lipinski definition) is 2. The maximum absolute atomic E-state index is 13.0. The molecule has 240 valence electrons. The van der Waals surface area contributed by atoms with E-state index in [0.717, 1.165) is 51.0 Å². The number of aliphatic hydroxyl groups is 1. The minimum Gasteiger partial charge on any atom is -0.389 e. The lowest BCUT2D eigenvalue weighted by molar-refractivity contribution is -0.122. The van der Waals surface area contributed by atoms with E-state index in [1.165, 1.54) is 54.5 Å². The van der Waals surface area contributed by atoms with Crippen molar-refractivity contribution < 1.29 is 36.6 Å². The van der Waals surface area contributed by atoms with E-state index in [2.05, 4.69) is 0 Å². The molecular weight excluding hydrogens is 560 g/mol. The second-order valence-electron chi connectivity index (χ2n) is 11.3. The molecule has 0 aliphatic heterocycles. The molecule has 0 amide bonds. The predicted molar refractivity (Wildman–Crippen MR) is 161 cm³/mol. The molecule has 1 aromatic rings. The van der Waals surface area contributed by atoms with Gasteiger partial charge in [0, 0.05) is 36.4 Å². The van der Waals surface area contributed by atoms with Crippen molar-refractivity contribution in [3.63, 3.8) is 0 Å². The Morgan fingerprint density at radius 3 is 1.76 bits per heavy atom. The maximum Gasteiger partial charge on any atom is 0.283 e. The summed E-state index contributed by atoms with van der Waals surface area (Å²) in [7, 11) is 1.84. The molecule has 1 aliphatic carbocycles. The van der Waals surface area contributed by atoms with Crippen LogP contribution in [0.25, 0.3) is 0 Å². The van der Waals surface area contributed by atoms with E-state index in [1.807, 2.05) is 13.8 Å². The molecule has 0 bridgehead atoms. The third-order valence-electron chi connectivity index (χ3n) is 6.80. The van der Waals surface area contributed by atoms with E-state index < -0.39 is 22.8 Å². The molecule has 0 radical (unpaired) electrons. The lowest BCUT2D eigenvalue weighted by atomic mass is 9.79. The fourth-order valence-corrected chi connectivity index (χ4v) is 5.02. The first-order valence-corrected chi connectivity index (χ1v) is 14.9. The lowest BCUT2D eigenvalue weighted by Crippen LogP contribution is -2.41. The quantitative estimate of drug-likeness (QED) is 0.193. The minimum absolute atomic E-state index is 0.01000. The maximum atomic E-state index is 13.0. The van der Waals surface area contributed by atoms with Gasteiger partial charge < -0.3 is 15.6 Å². The fourth-order valence-electron chi connectivity index (χ4n) is 4.86. The molecular formula is C31H53F5NO3P. The smallest absolute Gasteiger partial charge is 0.283 e. The van der Waals surface area contributed by atoms with E-state index in [-0.39, 0.29) is 22.7 Å². The zero-order valence-electron chi connectivity index (χ0n) is 26.0.